The van der Waals surface area contributed by atoms with E-state index >= 15 is 0 Å². The maximum Gasteiger partial charge on any atom is 0.274 e. The van der Waals surface area contributed by atoms with Gasteiger partial charge in [0.25, 0.3) is 5.91 Å². The lowest BCUT2D eigenvalue weighted by Gasteiger charge is -2.34. The van der Waals surface area contributed by atoms with Crippen LogP contribution in [-0.4, -0.2) is 69.7 Å². The van der Waals surface area contributed by atoms with E-state index < -0.39 is 12.2 Å². The zero-order chi connectivity index (χ0) is 16.8. The second kappa shape index (κ2) is 8.42. The van der Waals surface area contributed by atoms with E-state index in [1.165, 1.54) is 0 Å². The predicted molar refractivity (Wildman–Crippen MR) is 85.1 cm³/mol. The van der Waals surface area contributed by atoms with E-state index in [1.807, 2.05) is 6.92 Å². The Morgan fingerprint density at radius 1 is 1.43 bits per heavy atom. The van der Waals surface area contributed by atoms with Crippen molar-refractivity contribution in [3.05, 3.63) is 17.5 Å². The number of amides is 1. The van der Waals surface area contributed by atoms with Crippen LogP contribution < -0.4 is 0 Å². The molecule has 2 heterocycles. The van der Waals surface area contributed by atoms with Crippen molar-refractivity contribution in [2.45, 2.75) is 45.3 Å². The summed E-state index contributed by atoms with van der Waals surface area (Å²) in [6, 6.07) is 1.79. The maximum absolute atomic E-state index is 12.6. The lowest BCUT2D eigenvalue weighted by Crippen LogP contribution is -2.49. The number of aromatic nitrogens is 2. The topological polar surface area (TPSA) is 98.7 Å². The standard InChI is InChI=1S/C16H27N3O4/c1-3-5-6-12-7-13(18-17-12)16(22)19(4-2)8-11-9-23-10-14(20)15(11)21/h7,11,14-15,20-21H,3-6,8-10H2,1-2H3,(H,17,18)/t11-,14-,15+/m1/s1. The van der Waals surface area contributed by atoms with Crippen molar-refractivity contribution in [2.75, 3.05) is 26.3 Å². The van der Waals surface area contributed by atoms with Gasteiger partial charge in [-0.3, -0.25) is 9.89 Å². The third-order valence-corrected chi connectivity index (χ3v) is 4.27. The third-order valence-electron chi connectivity index (χ3n) is 4.27. The second-order valence-corrected chi connectivity index (χ2v) is 6.08. The lowest BCUT2D eigenvalue weighted by atomic mass is 9.96. The van der Waals surface area contributed by atoms with Crippen molar-refractivity contribution in [3.8, 4) is 0 Å². The Morgan fingerprint density at radius 3 is 2.91 bits per heavy atom. The third kappa shape index (κ3) is 4.53. The van der Waals surface area contributed by atoms with Crippen LogP contribution in [-0.2, 0) is 11.2 Å². The molecule has 1 amide bonds. The summed E-state index contributed by atoms with van der Waals surface area (Å²) in [5.74, 6) is -0.458. The summed E-state index contributed by atoms with van der Waals surface area (Å²) < 4.78 is 5.27. The number of hydrogen-bond donors (Lipinski definition) is 3. The fraction of sp³-hybridized carbons (Fsp3) is 0.750. The van der Waals surface area contributed by atoms with Crippen molar-refractivity contribution in [1.82, 2.24) is 15.1 Å². The van der Waals surface area contributed by atoms with Crippen LogP contribution in [0.5, 0.6) is 0 Å². The Hall–Kier alpha value is -1.44. The normalized spacial score (nSPS) is 24.6. The summed E-state index contributed by atoms with van der Waals surface area (Å²) >= 11 is 0. The number of nitrogens with one attached hydrogen (secondary N) is 1. The number of carbonyl (C=O) groups excluding carboxylic acids is 1. The van der Waals surface area contributed by atoms with Gasteiger partial charge in [0.1, 0.15) is 11.8 Å². The Kier molecular flexibility index (Phi) is 6.56. The van der Waals surface area contributed by atoms with E-state index in [2.05, 4.69) is 17.1 Å². The van der Waals surface area contributed by atoms with Crippen LogP contribution in [0, 0.1) is 5.92 Å². The summed E-state index contributed by atoms with van der Waals surface area (Å²) in [5, 5.41) is 26.7. The molecule has 0 spiro atoms. The van der Waals surface area contributed by atoms with Crippen LogP contribution in [0.25, 0.3) is 0 Å². The number of unbranched alkanes of at least 4 members (excludes halogenated alkanes) is 1. The van der Waals surface area contributed by atoms with Gasteiger partial charge in [-0.25, -0.2) is 0 Å². The maximum atomic E-state index is 12.6. The van der Waals surface area contributed by atoms with E-state index in [1.54, 1.807) is 11.0 Å². The Morgan fingerprint density at radius 2 is 2.22 bits per heavy atom. The molecule has 3 atom stereocenters. The Labute approximate surface area is 136 Å². The largest absolute Gasteiger partial charge is 0.390 e. The van der Waals surface area contributed by atoms with E-state index in [-0.39, 0.29) is 18.4 Å². The molecule has 1 aromatic heterocycles. The molecule has 3 N–H and O–H groups in total. The predicted octanol–water partition coefficient (Wildman–Crippen LogP) is 0.583. The quantitative estimate of drug-likeness (QED) is 0.681. The highest BCUT2D eigenvalue weighted by Crippen LogP contribution is 2.18. The van der Waals surface area contributed by atoms with Gasteiger partial charge in [-0.05, 0) is 25.8 Å². The van der Waals surface area contributed by atoms with E-state index in [0.717, 1.165) is 25.0 Å². The van der Waals surface area contributed by atoms with Gasteiger partial charge in [0.2, 0.25) is 0 Å². The summed E-state index contributed by atoms with van der Waals surface area (Å²) in [6.07, 6.45) is 1.25. The first-order chi connectivity index (χ1) is 11.1. The molecule has 0 radical (unpaired) electrons. The van der Waals surface area contributed by atoms with Crippen molar-refractivity contribution in [3.63, 3.8) is 0 Å². The molecule has 7 heteroatoms. The average Bonchev–Trinajstić information content (AvgIpc) is 3.02. The second-order valence-electron chi connectivity index (χ2n) is 6.08. The van der Waals surface area contributed by atoms with Gasteiger partial charge in [0.15, 0.2) is 0 Å². The number of ether oxygens (including phenoxy) is 1. The van der Waals surface area contributed by atoms with Crippen LogP contribution in [0.1, 0.15) is 42.9 Å². The summed E-state index contributed by atoms with van der Waals surface area (Å²) in [4.78, 5) is 14.2. The number of hydrogen-bond acceptors (Lipinski definition) is 5. The van der Waals surface area contributed by atoms with Crippen LogP contribution in [0.2, 0.25) is 0 Å². The molecule has 1 fully saturated rings. The molecule has 23 heavy (non-hydrogen) atoms. The Bertz CT molecular complexity index is 505. The zero-order valence-electron chi connectivity index (χ0n) is 13.9. The molecule has 1 aromatic rings. The molecule has 0 saturated carbocycles. The van der Waals surface area contributed by atoms with E-state index in [9.17, 15) is 15.0 Å². The molecule has 1 saturated heterocycles. The number of aliphatic hydroxyl groups is 2. The smallest absolute Gasteiger partial charge is 0.274 e. The SMILES string of the molecule is CCCCc1cc(C(=O)N(CC)C[C@@H]2COC[C@@H](O)[C@H]2O)n[nH]1. The van der Waals surface area contributed by atoms with E-state index in [4.69, 9.17) is 4.74 Å². The summed E-state index contributed by atoms with van der Waals surface area (Å²) in [7, 11) is 0. The molecular formula is C16H27N3O4. The number of H-pyrrole nitrogens is 1. The summed E-state index contributed by atoms with van der Waals surface area (Å²) in [6.45, 7) is 5.32. The lowest BCUT2D eigenvalue weighted by molar-refractivity contribution is -0.123. The van der Waals surface area contributed by atoms with Crippen molar-refractivity contribution < 1.29 is 19.7 Å². The average molecular weight is 325 g/mol. The highest BCUT2D eigenvalue weighted by molar-refractivity contribution is 5.92. The van der Waals surface area contributed by atoms with Crippen molar-refractivity contribution >= 4 is 5.91 Å². The minimum absolute atomic E-state index is 0.137. The van der Waals surface area contributed by atoms with Gasteiger partial charge >= 0.3 is 0 Å². The molecule has 7 nitrogen and oxygen atoms in total. The van der Waals surface area contributed by atoms with Gasteiger partial charge in [-0.2, -0.15) is 5.10 Å². The molecule has 0 unspecified atom stereocenters. The fourth-order valence-corrected chi connectivity index (χ4v) is 2.78. The fourth-order valence-electron chi connectivity index (χ4n) is 2.78. The number of carbonyl (C=O) groups is 1. The monoisotopic (exact) mass is 325 g/mol. The minimum Gasteiger partial charge on any atom is -0.390 e. The highest BCUT2D eigenvalue weighted by atomic mass is 16.5. The Balaban J connectivity index is 1.99. The van der Waals surface area contributed by atoms with Gasteiger partial charge in [0.05, 0.1) is 19.3 Å². The number of aliphatic hydroxyl groups excluding tert-OH is 2. The first-order valence-corrected chi connectivity index (χ1v) is 8.34. The van der Waals surface area contributed by atoms with Crippen LogP contribution in [0.15, 0.2) is 6.07 Å². The molecule has 2 rings (SSSR count). The number of aromatic amines is 1. The summed E-state index contributed by atoms with van der Waals surface area (Å²) in [5.41, 5.74) is 1.35. The molecule has 0 bridgehead atoms. The van der Waals surface area contributed by atoms with Crippen LogP contribution in [0.4, 0.5) is 0 Å². The highest BCUT2D eigenvalue weighted by Gasteiger charge is 2.33. The van der Waals surface area contributed by atoms with Crippen LogP contribution >= 0.6 is 0 Å². The van der Waals surface area contributed by atoms with Gasteiger partial charge in [0, 0.05) is 24.7 Å². The number of rotatable bonds is 7. The number of aryl methyl sites for hydroxylation is 1. The van der Waals surface area contributed by atoms with Crippen LogP contribution in [0.3, 0.4) is 0 Å². The molecular weight excluding hydrogens is 298 g/mol. The molecule has 130 valence electrons. The zero-order valence-corrected chi connectivity index (χ0v) is 13.9. The van der Waals surface area contributed by atoms with Crippen molar-refractivity contribution in [2.24, 2.45) is 5.92 Å². The van der Waals surface area contributed by atoms with Gasteiger partial charge in [-0.1, -0.05) is 13.3 Å². The first kappa shape index (κ1) is 17.9. The van der Waals surface area contributed by atoms with Gasteiger partial charge in [-0.15, -0.1) is 0 Å². The van der Waals surface area contributed by atoms with Gasteiger partial charge < -0.3 is 19.8 Å². The molecule has 1 aliphatic heterocycles. The molecule has 1 aliphatic rings. The molecule has 0 aliphatic carbocycles. The van der Waals surface area contributed by atoms with E-state index in [0.29, 0.717) is 25.4 Å². The molecule has 0 aromatic carbocycles. The first-order valence-electron chi connectivity index (χ1n) is 8.34. The van der Waals surface area contributed by atoms with Crippen molar-refractivity contribution in [1.29, 1.82) is 0 Å². The minimum atomic E-state index is -0.895. The number of nitrogens with zero attached hydrogens (tertiary/aromatic N) is 2.